The highest BCUT2D eigenvalue weighted by Crippen LogP contribution is 2.19. The normalized spacial score (nSPS) is 18.6. The average molecular weight is 270 g/mol. The molecule has 19 heavy (non-hydrogen) atoms. The molecule has 0 aliphatic carbocycles. The van der Waals surface area contributed by atoms with E-state index in [1.807, 2.05) is 4.90 Å². The van der Waals surface area contributed by atoms with Gasteiger partial charge in [0.15, 0.2) is 0 Å². The van der Waals surface area contributed by atoms with Gasteiger partial charge in [-0.1, -0.05) is 26.7 Å². The molecule has 0 radical (unpaired) electrons. The predicted molar refractivity (Wildman–Crippen MR) is 74.1 cm³/mol. The molecule has 1 N–H and O–H groups in total. The van der Waals surface area contributed by atoms with E-state index in [0.29, 0.717) is 13.0 Å². The highest BCUT2D eigenvalue weighted by atomic mass is 16.4. The molecule has 1 aliphatic rings. The van der Waals surface area contributed by atoms with Gasteiger partial charge in [0, 0.05) is 19.6 Å². The number of hydrogen-bond donors (Lipinski definition) is 1. The van der Waals surface area contributed by atoms with Crippen molar-refractivity contribution in [2.75, 3.05) is 19.6 Å². The van der Waals surface area contributed by atoms with Crippen LogP contribution in [0.15, 0.2) is 0 Å². The first-order valence-electron chi connectivity index (χ1n) is 7.40. The van der Waals surface area contributed by atoms with Crippen molar-refractivity contribution in [3.05, 3.63) is 0 Å². The standard InChI is InChI=1S/C14H26N2O3/c1-3-5-9-15(10-6-4-2)14(19)16-11-7-8-12(16)13(17)18/h12H,3-11H2,1-2H3,(H,17,18). The maximum Gasteiger partial charge on any atom is 0.326 e. The Morgan fingerprint density at radius 2 is 1.79 bits per heavy atom. The van der Waals surface area contributed by atoms with Gasteiger partial charge in [0.05, 0.1) is 0 Å². The van der Waals surface area contributed by atoms with Gasteiger partial charge in [-0.2, -0.15) is 0 Å². The van der Waals surface area contributed by atoms with E-state index in [-0.39, 0.29) is 6.03 Å². The fraction of sp³-hybridized carbons (Fsp3) is 0.857. The highest BCUT2D eigenvalue weighted by Gasteiger charge is 2.35. The number of unbranched alkanes of at least 4 members (excludes halogenated alkanes) is 2. The molecule has 0 aromatic rings. The Labute approximate surface area is 115 Å². The number of urea groups is 1. The smallest absolute Gasteiger partial charge is 0.326 e. The van der Waals surface area contributed by atoms with Gasteiger partial charge in [-0.25, -0.2) is 9.59 Å². The van der Waals surface area contributed by atoms with Crippen LogP contribution in [-0.4, -0.2) is 52.6 Å². The molecule has 1 fully saturated rings. The second kappa shape index (κ2) is 8.02. The Kier molecular flexibility index (Phi) is 6.67. The Balaban J connectivity index is 2.65. The molecule has 1 unspecified atom stereocenters. The zero-order valence-electron chi connectivity index (χ0n) is 12.1. The van der Waals surface area contributed by atoms with Gasteiger partial charge in [-0.05, 0) is 25.7 Å². The molecular formula is C14H26N2O3. The van der Waals surface area contributed by atoms with E-state index in [1.165, 1.54) is 4.90 Å². The van der Waals surface area contributed by atoms with Gasteiger partial charge in [-0.15, -0.1) is 0 Å². The van der Waals surface area contributed by atoms with Crippen molar-refractivity contribution in [3.63, 3.8) is 0 Å². The summed E-state index contributed by atoms with van der Waals surface area (Å²) >= 11 is 0. The molecule has 2 amide bonds. The van der Waals surface area contributed by atoms with Crippen molar-refractivity contribution in [2.24, 2.45) is 0 Å². The minimum atomic E-state index is -0.878. The molecule has 0 saturated carbocycles. The van der Waals surface area contributed by atoms with Crippen molar-refractivity contribution in [1.82, 2.24) is 9.80 Å². The molecule has 1 heterocycles. The van der Waals surface area contributed by atoms with Crippen LogP contribution >= 0.6 is 0 Å². The summed E-state index contributed by atoms with van der Waals surface area (Å²) in [7, 11) is 0. The Morgan fingerprint density at radius 1 is 1.21 bits per heavy atom. The zero-order chi connectivity index (χ0) is 14.3. The lowest BCUT2D eigenvalue weighted by Crippen LogP contribution is -2.48. The monoisotopic (exact) mass is 270 g/mol. The minimum absolute atomic E-state index is 0.0909. The molecule has 1 atom stereocenters. The van der Waals surface area contributed by atoms with Crippen molar-refractivity contribution in [3.8, 4) is 0 Å². The fourth-order valence-corrected chi connectivity index (χ4v) is 2.44. The van der Waals surface area contributed by atoms with Gasteiger partial charge >= 0.3 is 12.0 Å². The van der Waals surface area contributed by atoms with Gasteiger partial charge in [0.2, 0.25) is 0 Å². The molecule has 5 nitrogen and oxygen atoms in total. The number of likely N-dealkylation sites (tertiary alicyclic amines) is 1. The van der Waals surface area contributed by atoms with Gasteiger partial charge in [0.1, 0.15) is 6.04 Å². The highest BCUT2D eigenvalue weighted by molar-refractivity contribution is 5.83. The minimum Gasteiger partial charge on any atom is -0.480 e. The first-order valence-corrected chi connectivity index (χ1v) is 7.40. The van der Waals surface area contributed by atoms with Gasteiger partial charge in [0.25, 0.3) is 0 Å². The number of carboxylic acid groups (broad SMARTS) is 1. The summed E-state index contributed by atoms with van der Waals surface area (Å²) in [4.78, 5) is 27.0. The molecular weight excluding hydrogens is 244 g/mol. The third-order valence-corrected chi connectivity index (χ3v) is 3.62. The van der Waals surface area contributed by atoms with E-state index in [9.17, 15) is 9.59 Å². The average Bonchev–Trinajstić information content (AvgIpc) is 2.87. The number of carbonyl (C=O) groups is 2. The lowest BCUT2D eigenvalue weighted by atomic mass is 10.2. The lowest BCUT2D eigenvalue weighted by molar-refractivity contribution is -0.141. The number of nitrogens with zero attached hydrogens (tertiary/aromatic N) is 2. The van der Waals surface area contributed by atoms with Crippen molar-refractivity contribution >= 4 is 12.0 Å². The fourth-order valence-electron chi connectivity index (χ4n) is 2.44. The number of amides is 2. The van der Waals surface area contributed by atoms with Crippen LogP contribution in [0.3, 0.4) is 0 Å². The van der Waals surface area contributed by atoms with E-state index in [1.54, 1.807) is 0 Å². The zero-order valence-corrected chi connectivity index (χ0v) is 12.1. The summed E-state index contributed by atoms with van der Waals surface area (Å²) < 4.78 is 0. The SMILES string of the molecule is CCCCN(CCCC)C(=O)N1CCCC1C(=O)O. The van der Waals surface area contributed by atoms with Crippen molar-refractivity contribution in [1.29, 1.82) is 0 Å². The second-order valence-corrected chi connectivity index (χ2v) is 5.17. The van der Waals surface area contributed by atoms with Crippen LogP contribution in [-0.2, 0) is 4.79 Å². The Morgan fingerprint density at radius 3 is 2.26 bits per heavy atom. The lowest BCUT2D eigenvalue weighted by Gasteiger charge is -2.30. The van der Waals surface area contributed by atoms with Crippen molar-refractivity contribution in [2.45, 2.75) is 58.4 Å². The van der Waals surface area contributed by atoms with E-state index in [4.69, 9.17) is 5.11 Å². The summed E-state index contributed by atoms with van der Waals surface area (Å²) in [5.41, 5.74) is 0. The second-order valence-electron chi connectivity index (χ2n) is 5.17. The van der Waals surface area contributed by atoms with E-state index in [0.717, 1.165) is 45.2 Å². The summed E-state index contributed by atoms with van der Waals surface area (Å²) in [6, 6.07) is -0.718. The quantitative estimate of drug-likeness (QED) is 0.773. The van der Waals surface area contributed by atoms with E-state index < -0.39 is 12.0 Å². The first-order chi connectivity index (χ1) is 9.11. The number of rotatable bonds is 7. The molecule has 110 valence electrons. The maximum absolute atomic E-state index is 12.5. The third kappa shape index (κ3) is 4.40. The van der Waals surface area contributed by atoms with Crippen LogP contribution in [0.1, 0.15) is 52.4 Å². The third-order valence-electron chi connectivity index (χ3n) is 3.62. The maximum atomic E-state index is 12.5. The summed E-state index contributed by atoms with van der Waals surface area (Å²) in [5, 5.41) is 9.15. The molecule has 0 bridgehead atoms. The van der Waals surface area contributed by atoms with E-state index in [2.05, 4.69) is 13.8 Å². The number of hydrogen-bond acceptors (Lipinski definition) is 2. The molecule has 0 aromatic carbocycles. The molecule has 1 rings (SSSR count). The Hall–Kier alpha value is -1.26. The molecule has 5 heteroatoms. The molecule has 0 aromatic heterocycles. The van der Waals surface area contributed by atoms with Crippen LogP contribution in [0.4, 0.5) is 4.79 Å². The predicted octanol–water partition coefficient (Wildman–Crippen LogP) is 2.56. The number of aliphatic carboxylic acids is 1. The molecule has 0 spiro atoms. The van der Waals surface area contributed by atoms with Crippen LogP contribution in [0, 0.1) is 0 Å². The van der Waals surface area contributed by atoms with Crippen LogP contribution in [0.5, 0.6) is 0 Å². The number of carbonyl (C=O) groups excluding carboxylic acids is 1. The largest absolute Gasteiger partial charge is 0.480 e. The molecule has 1 aliphatic heterocycles. The van der Waals surface area contributed by atoms with Gasteiger partial charge in [-0.3, -0.25) is 0 Å². The number of carboxylic acids is 1. The Bertz CT molecular complexity index is 299. The van der Waals surface area contributed by atoms with Crippen molar-refractivity contribution < 1.29 is 14.7 Å². The summed E-state index contributed by atoms with van der Waals surface area (Å²) in [5.74, 6) is -0.878. The van der Waals surface area contributed by atoms with Crippen LogP contribution < -0.4 is 0 Å². The molecule has 1 saturated heterocycles. The first kappa shape index (κ1) is 15.8. The van der Waals surface area contributed by atoms with E-state index >= 15 is 0 Å². The van der Waals surface area contributed by atoms with Crippen LogP contribution in [0.25, 0.3) is 0 Å². The van der Waals surface area contributed by atoms with Crippen LogP contribution in [0.2, 0.25) is 0 Å². The topological polar surface area (TPSA) is 60.9 Å². The van der Waals surface area contributed by atoms with Gasteiger partial charge < -0.3 is 14.9 Å². The summed E-state index contributed by atoms with van der Waals surface area (Å²) in [6.07, 6.45) is 5.40. The summed E-state index contributed by atoms with van der Waals surface area (Å²) in [6.45, 7) is 6.23.